The molecule has 0 N–H and O–H groups in total. The average Bonchev–Trinajstić information content (AvgIpc) is 3.02. The molecule has 1 aliphatic heterocycles. The van der Waals surface area contributed by atoms with Crippen molar-refractivity contribution in [3.05, 3.63) is 23.2 Å². The second kappa shape index (κ2) is 3.92. The number of hydrogen-bond acceptors (Lipinski definition) is 4. The van der Waals surface area contributed by atoms with Gasteiger partial charge < -0.3 is 13.9 Å². The maximum absolute atomic E-state index is 11.7. The quantitative estimate of drug-likeness (QED) is 0.588. The van der Waals surface area contributed by atoms with Crippen LogP contribution in [0.15, 0.2) is 10.7 Å². The molecule has 1 spiro atoms. The summed E-state index contributed by atoms with van der Waals surface area (Å²) < 4.78 is 17.7. The fraction of sp³-hybridized carbons (Fsp3) is 0.706. The van der Waals surface area contributed by atoms with Gasteiger partial charge in [-0.2, -0.15) is 0 Å². The van der Waals surface area contributed by atoms with E-state index in [9.17, 15) is 4.79 Å². The largest absolute Gasteiger partial charge is 0.469 e. The summed E-state index contributed by atoms with van der Waals surface area (Å²) in [6, 6.07) is 0. The van der Waals surface area contributed by atoms with E-state index in [4.69, 9.17) is 13.9 Å². The molecular formula is C17H22O4. The predicted octanol–water partition coefficient (Wildman–Crippen LogP) is 3.32. The highest BCUT2D eigenvalue weighted by atomic mass is 16.6. The van der Waals surface area contributed by atoms with Gasteiger partial charge in [-0.25, -0.2) is 0 Å². The maximum Gasteiger partial charge on any atom is 0.303 e. The van der Waals surface area contributed by atoms with Crippen LogP contribution in [-0.4, -0.2) is 17.7 Å². The molecule has 2 aliphatic carbocycles. The molecule has 4 rings (SSSR count). The molecule has 4 nitrogen and oxygen atoms in total. The number of rotatable bonds is 1. The lowest BCUT2D eigenvalue weighted by Gasteiger charge is -2.50. The number of aryl methyl sites for hydroxylation is 1. The summed E-state index contributed by atoms with van der Waals surface area (Å²) in [7, 11) is 0. The second-order valence-corrected chi connectivity index (χ2v) is 7.18. The molecule has 0 radical (unpaired) electrons. The second-order valence-electron chi connectivity index (χ2n) is 7.18. The van der Waals surface area contributed by atoms with Crippen molar-refractivity contribution in [3.8, 4) is 0 Å². The van der Waals surface area contributed by atoms with Crippen molar-refractivity contribution in [2.75, 3.05) is 0 Å². The van der Waals surface area contributed by atoms with E-state index in [1.165, 1.54) is 6.92 Å². The fourth-order valence-corrected chi connectivity index (χ4v) is 4.81. The van der Waals surface area contributed by atoms with Gasteiger partial charge in [-0.3, -0.25) is 4.79 Å². The average molecular weight is 290 g/mol. The van der Waals surface area contributed by atoms with Crippen LogP contribution in [0.2, 0.25) is 0 Å². The summed E-state index contributed by atoms with van der Waals surface area (Å²) in [6.45, 7) is 8.01. The molecule has 0 unspecified atom stereocenters. The van der Waals surface area contributed by atoms with E-state index in [0.717, 1.165) is 36.1 Å². The SMILES string of the molecule is CC(=O)O[C@H]1c2c(C)coc2C[C@]23O[C@H]2CC[C@H](C)[C@@]13C. The van der Waals surface area contributed by atoms with Crippen molar-refractivity contribution in [2.24, 2.45) is 11.3 Å². The van der Waals surface area contributed by atoms with Crippen molar-refractivity contribution in [2.45, 2.75) is 64.8 Å². The van der Waals surface area contributed by atoms with Gasteiger partial charge >= 0.3 is 5.97 Å². The van der Waals surface area contributed by atoms with Crippen molar-refractivity contribution >= 4 is 5.97 Å². The van der Waals surface area contributed by atoms with Gasteiger partial charge in [0.15, 0.2) is 0 Å². The van der Waals surface area contributed by atoms with Crippen LogP contribution in [0.25, 0.3) is 0 Å². The van der Waals surface area contributed by atoms with E-state index in [1.54, 1.807) is 6.26 Å². The van der Waals surface area contributed by atoms with Crippen molar-refractivity contribution in [3.63, 3.8) is 0 Å². The first-order chi connectivity index (χ1) is 9.90. The molecule has 1 aromatic heterocycles. The normalized spacial score (nSPS) is 43.5. The summed E-state index contributed by atoms with van der Waals surface area (Å²) in [4.78, 5) is 11.7. The zero-order valence-corrected chi connectivity index (χ0v) is 13.1. The highest BCUT2D eigenvalue weighted by Crippen LogP contribution is 2.69. The lowest BCUT2D eigenvalue weighted by molar-refractivity contribution is -0.166. The van der Waals surface area contributed by atoms with E-state index >= 15 is 0 Å². The lowest BCUT2D eigenvalue weighted by Crippen LogP contribution is -2.54. The van der Waals surface area contributed by atoms with E-state index in [1.807, 2.05) is 6.92 Å². The molecule has 0 bridgehead atoms. The Hall–Kier alpha value is -1.29. The van der Waals surface area contributed by atoms with Crippen LogP contribution in [0.3, 0.4) is 0 Å². The molecule has 2 heterocycles. The summed E-state index contributed by atoms with van der Waals surface area (Å²) in [5.41, 5.74) is 1.76. The van der Waals surface area contributed by atoms with Gasteiger partial charge in [0.25, 0.3) is 0 Å². The number of epoxide rings is 1. The predicted molar refractivity (Wildman–Crippen MR) is 75.8 cm³/mol. The monoisotopic (exact) mass is 290 g/mol. The number of carbonyl (C=O) groups is 1. The zero-order valence-electron chi connectivity index (χ0n) is 13.1. The van der Waals surface area contributed by atoms with Crippen molar-refractivity contribution in [1.82, 2.24) is 0 Å². The van der Waals surface area contributed by atoms with Crippen LogP contribution < -0.4 is 0 Å². The topological polar surface area (TPSA) is 52.0 Å². The maximum atomic E-state index is 11.7. The summed E-state index contributed by atoms with van der Waals surface area (Å²) in [5.74, 6) is 1.15. The first-order valence-corrected chi connectivity index (χ1v) is 7.82. The number of ether oxygens (including phenoxy) is 2. The third-order valence-corrected chi connectivity index (χ3v) is 6.23. The van der Waals surface area contributed by atoms with Gasteiger partial charge in [0, 0.05) is 24.3 Å². The molecule has 1 saturated heterocycles. The lowest BCUT2D eigenvalue weighted by atomic mass is 9.53. The van der Waals surface area contributed by atoms with E-state index in [-0.39, 0.29) is 29.2 Å². The summed E-state index contributed by atoms with van der Waals surface area (Å²) >= 11 is 0. The fourth-order valence-electron chi connectivity index (χ4n) is 4.81. The Balaban J connectivity index is 1.90. The molecule has 2 fully saturated rings. The molecule has 5 atom stereocenters. The molecule has 21 heavy (non-hydrogen) atoms. The highest BCUT2D eigenvalue weighted by Gasteiger charge is 2.75. The Kier molecular flexibility index (Phi) is 2.49. The van der Waals surface area contributed by atoms with Gasteiger partial charge in [0.05, 0.1) is 12.4 Å². The van der Waals surface area contributed by atoms with Gasteiger partial charge in [0.1, 0.15) is 17.5 Å². The standard InChI is InChI=1S/C17H22O4/c1-9-8-19-12-7-17-13(21-17)6-5-10(2)16(17,4)15(14(9)12)20-11(3)18/h8,10,13,15H,5-7H2,1-4H3/t10-,13-,15-,16-,17-/m0/s1. The number of esters is 1. The third-order valence-electron chi connectivity index (χ3n) is 6.23. The Labute approximate surface area is 124 Å². The molecule has 0 aromatic carbocycles. The highest BCUT2D eigenvalue weighted by molar-refractivity contribution is 5.67. The zero-order chi connectivity index (χ0) is 15.0. The van der Waals surface area contributed by atoms with Gasteiger partial charge in [-0.1, -0.05) is 13.8 Å². The first kappa shape index (κ1) is 13.4. The first-order valence-electron chi connectivity index (χ1n) is 7.82. The van der Waals surface area contributed by atoms with E-state index in [2.05, 4.69) is 13.8 Å². The number of fused-ring (bicyclic) bond motifs is 1. The Bertz CT molecular complexity index is 618. The summed E-state index contributed by atoms with van der Waals surface area (Å²) in [6.07, 6.45) is 4.82. The van der Waals surface area contributed by atoms with Crippen LogP contribution in [0.5, 0.6) is 0 Å². The minimum absolute atomic E-state index is 0.177. The van der Waals surface area contributed by atoms with Crippen LogP contribution in [0, 0.1) is 18.3 Å². The minimum atomic E-state index is -0.266. The number of carbonyl (C=O) groups excluding carboxylic acids is 1. The Morgan fingerprint density at radius 1 is 1.43 bits per heavy atom. The smallest absolute Gasteiger partial charge is 0.303 e. The molecular weight excluding hydrogens is 268 g/mol. The molecule has 114 valence electrons. The van der Waals surface area contributed by atoms with Crippen LogP contribution in [-0.2, 0) is 20.7 Å². The van der Waals surface area contributed by atoms with Gasteiger partial charge in [0.2, 0.25) is 0 Å². The Morgan fingerprint density at radius 2 is 2.19 bits per heavy atom. The third kappa shape index (κ3) is 1.47. The summed E-state index contributed by atoms with van der Waals surface area (Å²) in [5, 5.41) is 0. The molecule has 1 saturated carbocycles. The molecule has 3 aliphatic rings. The van der Waals surface area contributed by atoms with Crippen LogP contribution in [0.4, 0.5) is 0 Å². The molecule has 0 amide bonds. The number of furan rings is 1. The van der Waals surface area contributed by atoms with Gasteiger partial charge in [-0.05, 0) is 31.2 Å². The van der Waals surface area contributed by atoms with E-state index in [0.29, 0.717) is 5.92 Å². The Morgan fingerprint density at radius 3 is 2.90 bits per heavy atom. The molecule has 1 aromatic rings. The van der Waals surface area contributed by atoms with Gasteiger partial charge in [-0.15, -0.1) is 0 Å². The van der Waals surface area contributed by atoms with Crippen LogP contribution in [0.1, 0.15) is 56.6 Å². The van der Waals surface area contributed by atoms with E-state index < -0.39 is 0 Å². The molecule has 4 heteroatoms. The van der Waals surface area contributed by atoms with Crippen molar-refractivity contribution in [1.29, 1.82) is 0 Å². The minimum Gasteiger partial charge on any atom is -0.469 e. The van der Waals surface area contributed by atoms with Crippen LogP contribution >= 0.6 is 0 Å². The van der Waals surface area contributed by atoms with Crippen molar-refractivity contribution < 1.29 is 18.7 Å². The number of hydrogen-bond donors (Lipinski definition) is 0.